The standard InChI is InChI=1S/C22H22ClN3O3S/c1-4-26-18(7-12(2)25-26)22(28)24-11-16-9-15-8-14(10-17(23)21(15)29-16)20-6-5-19(30-20)13(3)27/h5-8,10,16H,4,9,11H2,1-3H3,(H,24,28). The minimum atomic E-state index is -0.188. The molecule has 1 N–H and O–H groups in total. The quantitative estimate of drug-likeness (QED) is 0.568. The monoisotopic (exact) mass is 443 g/mol. The molecule has 4 rings (SSSR count). The Bertz CT molecular complexity index is 1130. The number of Topliss-reactive ketones (excluding diaryl/α,β-unsaturated/α-hetero) is 1. The summed E-state index contributed by atoms with van der Waals surface area (Å²) in [5.74, 6) is 0.550. The number of nitrogens with one attached hydrogen (secondary N) is 1. The molecule has 1 atom stereocenters. The molecule has 1 amide bonds. The number of ketones is 1. The largest absolute Gasteiger partial charge is 0.486 e. The lowest BCUT2D eigenvalue weighted by molar-refractivity contribution is 0.0922. The highest BCUT2D eigenvalue weighted by Gasteiger charge is 2.27. The van der Waals surface area contributed by atoms with Crippen LogP contribution in [0.25, 0.3) is 10.4 Å². The second-order valence-corrected chi connectivity index (χ2v) is 8.80. The Hall–Kier alpha value is -2.64. The molecule has 1 aromatic carbocycles. The van der Waals surface area contributed by atoms with Crippen LogP contribution in [0.2, 0.25) is 5.02 Å². The number of fused-ring (bicyclic) bond motifs is 1. The lowest BCUT2D eigenvalue weighted by Crippen LogP contribution is -2.35. The van der Waals surface area contributed by atoms with Crippen LogP contribution in [0, 0.1) is 6.92 Å². The Morgan fingerprint density at radius 2 is 2.13 bits per heavy atom. The maximum Gasteiger partial charge on any atom is 0.269 e. The van der Waals surface area contributed by atoms with Crippen molar-refractivity contribution in [2.75, 3.05) is 6.54 Å². The topological polar surface area (TPSA) is 73.2 Å². The van der Waals surface area contributed by atoms with Crippen molar-refractivity contribution in [2.24, 2.45) is 0 Å². The lowest BCUT2D eigenvalue weighted by Gasteiger charge is -2.12. The van der Waals surface area contributed by atoms with Gasteiger partial charge in [0.05, 0.1) is 22.1 Å². The predicted octanol–water partition coefficient (Wildman–Crippen LogP) is 4.53. The number of carbonyl (C=O) groups excluding carboxylic acids is 2. The number of nitrogens with zero attached hydrogens (tertiary/aromatic N) is 2. The molecule has 0 saturated heterocycles. The van der Waals surface area contributed by atoms with Crippen LogP contribution in [0.15, 0.2) is 30.3 Å². The SMILES string of the molecule is CCn1nc(C)cc1C(=O)NCC1Cc2cc(-c3ccc(C(C)=O)s3)cc(Cl)c2O1. The number of rotatable bonds is 6. The van der Waals surface area contributed by atoms with Crippen molar-refractivity contribution >= 4 is 34.6 Å². The third kappa shape index (κ3) is 4.00. The summed E-state index contributed by atoms with van der Waals surface area (Å²) in [6.45, 7) is 6.39. The Labute approximate surface area is 183 Å². The molecular formula is C22H22ClN3O3S. The molecule has 8 heteroatoms. The van der Waals surface area contributed by atoms with Crippen LogP contribution in [0.1, 0.15) is 45.3 Å². The van der Waals surface area contributed by atoms with Crippen LogP contribution in [-0.2, 0) is 13.0 Å². The number of amides is 1. The van der Waals surface area contributed by atoms with E-state index in [-0.39, 0.29) is 17.8 Å². The van der Waals surface area contributed by atoms with Crippen LogP contribution in [0.5, 0.6) is 5.75 Å². The fourth-order valence-electron chi connectivity index (χ4n) is 3.59. The highest BCUT2D eigenvalue weighted by molar-refractivity contribution is 7.17. The Balaban J connectivity index is 1.45. The first-order valence-electron chi connectivity index (χ1n) is 9.78. The van der Waals surface area contributed by atoms with E-state index in [9.17, 15) is 9.59 Å². The van der Waals surface area contributed by atoms with Gasteiger partial charge in [0.1, 0.15) is 17.5 Å². The fraction of sp³-hybridized carbons (Fsp3) is 0.318. The molecule has 1 unspecified atom stereocenters. The first-order chi connectivity index (χ1) is 14.4. The molecule has 30 heavy (non-hydrogen) atoms. The van der Waals surface area contributed by atoms with Crippen molar-refractivity contribution in [3.8, 4) is 16.2 Å². The molecule has 0 radical (unpaired) electrons. The second-order valence-electron chi connectivity index (χ2n) is 7.31. The van der Waals surface area contributed by atoms with Crippen molar-refractivity contribution in [1.82, 2.24) is 15.1 Å². The Kier molecular flexibility index (Phi) is 5.66. The average molecular weight is 444 g/mol. The van der Waals surface area contributed by atoms with E-state index >= 15 is 0 Å². The molecule has 0 bridgehead atoms. The van der Waals surface area contributed by atoms with Crippen molar-refractivity contribution in [2.45, 2.75) is 39.8 Å². The van der Waals surface area contributed by atoms with Gasteiger partial charge in [-0.1, -0.05) is 11.6 Å². The van der Waals surface area contributed by atoms with E-state index in [0.29, 0.717) is 36.0 Å². The summed E-state index contributed by atoms with van der Waals surface area (Å²) < 4.78 is 7.69. The van der Waals surface area contributed by atoms with Gasteiger partial charge < -0.3 is 10.1 Å². The molecule has 6 nitrogen and oxygen atoms in total. The number of aryl methyl sites for hydroxylation is 2. The zero-order valence-electron chi connectivity index (χ0n) is 17.0. The number of aromatic nitrogens is 2. The minimum Gasteiger partial charge on any atom is -0.486 e. The summed E-state index contributed by atoms with van der Waals surface area (Å²) >= 11 is 7.93. The summed E-state index contributed by atoms with van der Waals surface area (Å²) in [4.78, 5) is 25.8. The number of benzene rings is 1. The van der Waals surface area contributed by atoms with E-state index in [4.69, 9.17) is 16.3 Å². The number of hydrogen-bond acceptors (Lipinski definition) is 5. The first kappa shape index (κ1) is 20.6. The van der Waals surface area contributed by atoms with Crippen molar-refractivity contribution < 1.29 is 14.3 Å². The Morgan fingerprint density at radius 1 is 1.33 bits per heavy atom. The molecule has 0 spiro atoms. The third-order valence-electron chi connectivity index (χ3n) is 5.01. The molecule has 0 fully saturated rings. The van der Waals surface area contributed by atoms with E-state index in [1.165, 1.54) is 11.3 Å². The summed E-state index contributed by atoms with van der Waals surface area (Å²) in [5.41, 5.74) is 3.33. The van der Waals surface area contributed by atoms with Crippen LogP contribution in [0.4, 0.5) is 0 Å². The first-order valence-corrected chi connectivity index (χ1v) is 11.0. The van der Waals surface area contributed by atoms with Crippen LogP contribution in [0.3, 0.4) is 0 Å². The molecule has 1 aliphatic rings. The number of thiophene rings is 1. The Morgan fingerprint density at radius 3 is 2.83 bits per heavy atom. The summed E-state index contributed by atoms with van der Waals surface area (Å²) in [5, 5.41) is 7.79. The van der Waals surface area contributed by atoms with Gasteiger partial charge in [0.2, 0.25) is 0 Å². The number of hydrogen-bond donors (Lipinski definition) is 1. The summed E-state index contributed by atoms with van der Waals surface area (Å²) in [7, 11) is 0. The lowest BCUT2D eigenvalue weighted by atomic mass is 10.1. The molecule has 2 aromatic heterocycles. The minimum absolute atomic E-state index is 0.0530. The van der Waals surface area contributed by atoms with Gasteiger partial charge in [0.15, 0.2) is 5.78 Å². The zero-order valence-corrected chi connectivity index (χ0v) is 18.6. The molecule has 3 heterocycles. The zero-order chi connectivity index (χ0) is 21.4. The van der Waals surface area contributed by atoms with E-state index in [1.807, 2.05) is 38.1 Å². The summed E-state index contributed by atoms with van der Waals surface area (Å²) in [6.07, 6.45) is 0.465. The van der Waals surface area contributed by atoms with Gasteiger partial charge in [-0.2, -0.15) is 5.10 Å². The molecule has 1 aliphatic heterocycles. The smallest absolute Gasteiger partial charge is 0.269 e. The van der Waals surface area contributed by atoms with Crippen LogP contribution >= 0.6 is 22.9 Å². The highest BCUT2D eigenvalue weighted by atomic mass is 35.5. The van der Waals surface area contributed by atoms with Gasteiger partial charge in [-0.25, -0.2) is 0 Å². The summed E-state index contributed by atoms with van der Waals surface area (Å²) in [6, 6.07) is 9.46. The van der Waals surface area contributed by atoms with E-state index in [1.54, 1.807) is 17.7 Å². The molecule has 0 aliphatic carbocycles. The third-order valence-corrected chi connectivity index (χ3v) is 6.53. The van der Waals surface area contributed by atoms with Gasteiger partial charge in [0.25, 0.3) is 5.91 Å². The van der Waals surface area contributed by atoms with Gasteiger partial charge in [-0.3, -0.25) is 14.3 Å². The van der Waals surface area contributed by atoms with Gasteiger partial charge >= 0.3 is 0 Å². The predicted molar refractivity (Wildman–Crippen MR) is 118 cm³/mol. The van der Waals surface area contributed by atoms with Crippen molar-refractivity contribution in [3.05, 3.63) is 57.2 Å². The van der Waals surface area contributed by atoms with Gasteiger partial charge in [-0.05, 0) is 56.7 Å². The van der Waals surface area contributed by atoms with E-state index < -0.39 is 0 Å². The number of carbonyl (C=O) groups is 2. The number of halogens is 1. The molecule has 0 saturated carbocycles. The second kappa shape index (κ2) is 8.24. The van der Waals surface area contributed by atoms with Crippen molar-refractivity contribution in [1.29, 1.82) is 0 Å². The molecular weight excluding hydrogens is 422 g/mol. The van der Waals surface area contributed by atoms with Gasteiger partial charge in [-0.15, -0.1) is 11.3 Å². The molecule has 156 valence electrons. The normalized spacial score (nSPS) is 15.0. The maximum atomic E-state index is 12.6. The van der Waals surface area contributed by atoms with E-state index in [2.05, 4.69) is 10.4 Å². The number of ether oxygens (including phenoxy) is 1. The van der Waals surface area contributed by atoms with Crippen LogP contribution in [-0.4, -0.2) is 34.1 Å². The highest BCUT2D eigenvalue weighted by Crippen LogP contribution is 2.41. The van der Waals surface area contributed by atoms with E-state index in [0.717, 1.165) is 26.6 Å². The van der Waals surface area contributed by atoms with Crippen LogP contribution < -0.4 is 10.1 Å². The van der Waals surface area contributed by atoms with Gasteiger partial charge in [0, 0.05) is 23.4 Å². The maximum absolute atomic E-state index is 12.6. The average Bonchev–Trinajstić information content (AvgIpc) is 3.43. The fourth-order valence-corrected chi connectivity index (χ4v) is 4.76. The molecule has 3 aromatic rings. The van der Waals surface area contributed by atoms with Crippen molar-refractivity contribution in [3.63, 3.8) is 0 Å².